The minimum absolute atomic E-state index is 0.146. The van der Waals surface area contributed by atoms with Crippen LogP contribution < -0.4 is 5.32 Å². The van der Waals surface area contributed by atoms with Crippen molar-refractivity contribution >= 4 is 11.7 Å². The average Bonchev–Trinajstić information content (AvgIpc) is 2.29. The first-order valence-corrected chi connectivity index (χ1v) is 5.21. The molecule has 0 aliphatic carbocycles. The van der Waals surface area contributed by atoms with Gasteiger partial charge in [0.2, 0.25) is 0 Å². The second kappa shape index (κ2) is 4.34. The van der Waals surface area contributed by atoms with Crippen molar-refractivity contribution in [1.82, 2.24) is 0 Å². The van der Waals surface area contributed by atoms with Crippen molar-refractivity contribution in [1.29, 1.82) is 0 Å². The molecule has 3 heteroatoms. The Morgan fingerprint density at radius 2 is 2.33 bits per heavy atom. The van der Waals surface area contributed by atoms with Crippen molar-refractivity contribution in [3.8, 4) is 0 Å². The maximum absolute atomic E-state index is 11.1. The van der Waals surface area contributed by atoms with Crippen molar-refractivity contribution in [2.24, 2.45) is 0 Å². The van der Waals surface area contributed by atoms with Gasteiger partial charge in [-0.05, 0) is 24.5 Å². The van der Waals surface area contributed by atoms with E-state index in [1.54, 1.807) is 0 Å². The van der Waals surface area contributed by atoms with Gasteiger partial charge in [0.25, 0.3) is 0 Å². The number of anilines is 1. The van der Waals surface area contributed by atoms with Crippen LogP contribution in [0, 0.1) is 0 Å². The van der Waals surface area contributed by atoms with Gasteiger partial charge in [-0.15, -0.1) is 0 Å². The third-order valence-electron chi connectivity index (χ3n) is 2.78. The number of methoxy groups -OCH3 is 1. The lowest BCUT2D eigenvalue weighted by Crippen LogP contribution is -2.28. The number of hydrogen-bond acceptors (Lipinski definition) is 3. The van der Waals surface area contributed by atoms with E-state index in [1.165, 1.54) is 12.7 Å². The van der Waals surface area contributed by atoms with Crippen molar-refractivity contribution < 1.29 is 9.53 Å². The topological polar surface area (TPSA) is 38.3 Å². The van der Waals surface area contributed by atoms with Gasteiger partial charge in [-0.3, -0.25) is 4.79 Å². The zero-order chi connectivity index (χ0) is 10.7. The van der Waals surface area contributed by atoms with Gasteiger partial charge in [0.15, 0.2) is 0 Å². The molecule has 1 aliphatic heterocycles. The molecule has 1 aromatic carbocycles. The maximum Gasteiger partial charge on any atom is 0.307 e. The summed E-state index contributed by atoms with van der Waals surface area (Å²) in [4.78, 5) is 11.1. The number of esters is 1. The Kier molecular flexibility index (Phi) is 2.90. The Morgan fingerprint density at radius 3 is 3.13 bits per heavy atom. The predicted octanol–water partition coefficient (Wildman–Crippen LogP) is 1.98. The highest BCUT2D eigenvalue weighted by Crippen LogP contribution is 2.25. The lowest BCUT2D eigenvalue weighted by Gasteiger charge is -2.26. The number of carbonyl (C=O) groups is 1. The fourth-order valence-corrected chi connectivity index (χ4v) is 1.94. The normalized spacial score (nSPS) is 18.9. The van der Waals surface area contributed by atoms with Crippen LogP contribution in [0.5, 0.6) is 0 Å². The molecule has 0 saturated heterocycles. The van der Waals surface area contributed by atoms with Crippen LogP contribution in [0.25, 0.3) is 0 Å². The van der Waals surface area contributed by atoms with Crippen LogP contribution in [0.3, 0.4) is 0 Å². The molecule has 0 radical (unpaired) electrons. The van der Waals surface area contributed by atoms with E-state index in [1.807, 2.05) is 12.1 Å². The van der Waals surface area contributed by atoms with Crippen LogP contribution in [0.2, 0.25) is 0 Å². The molecule has 1 aromatic rings. The lowest BCUT2D eigenvalue weighted by molar-refractivity contribution is -0.140. The molecule has 1 N–H and O–H groups in total. The summed E-state index contributed by atoms with van der Waals surface area (Å²) in [5, 5.41) is 3.36. The Balaban J connectivity index is 2.02. The monoisotopic (exact) mass is 205 g/mol. The van der Waals surface area contributed by atoms with E-state index in [2.05, 4.69) is 22.2 Å². The SMILES string of the molecule is COC(=O)C[C@H]1CCc2ccccc2N1. The quantitative estimate of drug-likeness (QED) is 0.750. The highest BCUT2D eigenvalue weighted by atomic mass is 16.5. The van der Waals surface area contributed by atoms with E-state index in [0.29, 0.717) is 6.42 Å². The number of aryl methyl sites for hydroxylation is 1. The second-order valence-electron chi connectivity index (χ2n) is 3.82. The molecule has 15 heavy (non-hydrogen) atoms. The number of benzene rings is 1. The van der Waals surface area contributed by atoms with Gasteiger partial charge in [0.05, 0.1) is 13.5 Å². The molecule has 0 aromatic heterocycles. The summed E-state index contributed by atoms with van der Waals surface area (Å²) < 4.78 is 4.66. The number of carbonyl (C=O) groups excluding carboxylic acids is 1. The summed E-state index contributed by atoms with van der Waals surface area (Å²) >= 11 is 0. The van der Waals surface area contributed by atoms with E-state index >= 15 is 0 Å². The number of para-hydroxylation sites is 1. The Bertz CT molecular complexity index is 362. The molecule has 0 saturated carbocycles. The van der Waals surface area contributed by atoms with Crippen molar-refractivity contribution in [2.75, 3.05) is 12.4 Å². The smallest absolute Gasteiger partial charge is 0.307 e. The van der Waals surface area contributed by atoms with Crippen molar-refractivity contribution in [3.05, 3.63) is 29.8 Å². The largest absolute Gasteiger partial charge is 0.469 e. The fraction of sp³-hybridized carbons (Fsp3) is 0.417. The highest BCUT2D eigenvalue weighted by Gasteiger charge is 2.19. The maximum atomic E-state index is 11.1. The highest BCUT2D eigenvalue weighted by molar-refractivity contribution is 5.71. The van der Waals surface area contributed by atoms with Crippen LogP contribution in [-0.2, 0) is 16.0 Å². The molecular weight excluding hydrogens is 190 g/mol. The fourth-order valence-electron chi connectivity index (χ4n) is 1.94. The Hall–Kier alpha value is -1.51. The first kappa shape index (κ1) is 10.0. The number of nitrogens with one attached hydrogen (secondary N) is 1. The van der Waals surface area contributed by atoms with Crippen LogP contribution in [0.15, 0.2) is 24.3 Å². The summed E-state index contributed by atoms with van der Waals surface area (Å²) in [6.45, 7) is 0. The number of ether oxygens (including phenoxy) is 1. The van der Waals surface area contributed by atoms with Gasteiger partial charge in [0, 0.05) is 11.7 Å². The van der Waals surface area contributed by atoms with Crippen LogP contribution in [0.4, 0.5) is 5.69 Å². The van der Waals surface area contributed by atoms with Crippen molar-refractivity contribution in [3.63, 3.8) is 0 Å². The number of fused-ring (bicyclic) bond motifs is 1. The van der Waals surface area contributed by atoms with Crippen molar-refractivity contribution in [2.45, 2.75) is 25.3 Å². The summed E-state index contributed by atoms with van der Waals surface area (Å²) in [6, 6.07) is 8.44. The van der Waals surface area contributed by atoms with Gasteiger partial charge in [-0.25, -0.2) is 0 Å². The van der Waals surface area contributed by atoms with E-state index in [9.17, 15) is 4.79 Å². The molecule has 2 rings (SSSR count). The molecular formula is C12H15NO2. The van der Waals surface area contributed by atoms with Gasteiger partial charge < -0.3 is 10.1 Å². The van der Waals surface area contributed by atoms with E-state index < -0.39 is 0 Å². The van der Waals surface area contributed by atoms with Crippen LogP contribution in [0.1, 0.15) is 18.4 Å². The first-order valence-electron chi connectivity index (χ1n) is 5.21. The summed E-state index contributed by atoms with van der Waals surface area (Å²) in [5.41, 5.74) is 2.48. The molecule has 1 atom stereocenters. The molecule has 0 bridgehead atoms. The van der Waals surface area contributed by atoms with Gasteiger partial charge >= 0.3 is 5.97 Å². The Labute approximate surface area is 89.4 Å². The van der Waals surface area contributed by atoms with E-state index in [4.69, 9.17) is 0 Å². The molecule has 3 nitrogen and oxygen atoms in total. The molecule has 80 valence electrons. The first-order chi connectivity index (χ1) is 7.29. The van der Waals surface area contributed by atoms with Crippen LogP contribution >= 0.6 is 0 Å². The second-order valence-corrected chi connectivity index (χ2v) is 3.82. The van der Waals surface area contributed by atoms with Gasteiger partial charge in [0.1, 0.15) is 0 Å². The standard InChI is InChI=1S/C12H15NO2/c1-15-12(14)8-10-7-6-9-4-2-3-5-11(9)13-10/h2-5,10,13H,6-8H2,1H3/t10-/m1/s1. The molecule has 1 heterocycles. The third kappa shape index (κ3) is 2.29. The lowest BCUT2D eigenvalue weighted by atomic mass is 9.96. The third-order valence-corrected chi connectivity index (χ3v) is 2.78. The summed E-state index contributed by atoms with van der Waals surface area (Å²) in [6.07, 6.45) is 2.47. The zero-order valence-electron chi connectivity index (χ0n) is 8.82. The minimum Gasteiger partial charge on any atom is -0.469 e. The number of hydrogen-bond donors (Lipinski definition) is 1. The predicted molar refractivity (Wildman–Crippen MR) is 58.8 cm³/mol. The number of rotatable bonds is 2. The van der Waals surface area contributed by atoms with Gasteiger partial charge in [-0.2, -0.15) is 0 Å². The molecule has 0 spiro atoms. The minimum atomic E-state index is -0.146. The summed E-state index contributed by atoms with van der Waals surface area (Å²) in [5.74, 6) is -0.146. The molecule has 0 unspecified atom stereocenters. The van der Waals surface area contributed by atoms with E-state index in [0.717, 1.165) is 18.5 Å². The molecule has 0 fully saturated rings. The van der Waals surface area contributed by atoms with E-state index in [-0.39, 0.29) is 12.0 Å². The van der Waals surface area contributed by atoms with Crippen LogP contribution in [-0.4, -0.2) is 19.1 Å². The molecule has 1 aliphatic rings. The average molecular weight is 205 g/mol. The van der Waals surface area contributed by atoms with Gasteiger partial charge in [-0.1, -0.05) is 18.2 Å². The summed E-state index contributed by atoms with van der Waals surface area (Å²) in [7, 11) is 1.43. The molecule has 0 amide bonds. The Morgan fingerprint density at radius 1 is 1.53 bits per heavy atom. The zero-order valence-corrected chi connectivity index (χ0v) is 8.82.